The molecule has 2 aromatic carbocycles. The Hall–Kier alpha value is -2.66. The van der Waals surface area contributed by atoms with Gasteiger partial charge in [0, 0.05) is 4.70 Å². The van der Waals surface area contributed by atoms with E-state index in [1.807, 2.05) is 48.5 Å². The van der Waals surface area contributed by atoms with Crippen molar-refractivity contribution in [3.05, 3.63) is 59.5 Å². The number of amides is 2. The van der Waals surface area contributed by atoms with Gasteiger partial charge in [0.15, 0.2) is 0 Å². The van der Waals surface area contributed by atoms with Gasteiger partial charge < -0.3 is 5.32 Å². The number of hydrogen-bond acceptors (Lipinski definition) is 3. The van der Waals surface area contributed by atoms with E-state index in [9.17, 15) is 9.59 Å². The molecule has 0 fully saturated rings. The zero-order valence-corrected chi connectivity index (χ0v) is 12.4. The highest BCUT2D eigenvalue weighted by Crippen LogP contribution is 2.32. The van der Waals surface area contributed by atoms with E-state index in [1.165, 1.54) is 11.3 Å². The van der Waals surface area contributed by atoms with Gasteiger partial charge in [-0.2, -0.15) is 0 Å². The molecule has 0 saturated heterocycles. The summed E-state index contributed by atoms with van der Waals surface area (Å²) in [5.74, 6) is -0.309. The third-order valence-electron chi connectivity index (χ3n) is 3.65. The summed E-state index contributed by atoms with van der Waals surface area (Å²) in [6.07, 6.45) is 0. The first kappa shape index (κ1) is 13.0. The molecule has 0 atom stereocenters. The van der Waals surface area contributed by atoms with Crippen molar-refractivity contribution in [1.29, 1.82) is 0 Å². The number of fused-ring (bicyclic) bond motifs is 2. The zero-order valence-electron chi connectivity index (χ0n) is 11.6. The molecule has 2 amide bonds. The third kappa shape index (κ3) is 2.07. The first-order valence-electron chi connectivity index (χ1n) is 6.92. The second-order valence-electron chi connectivity index (χ2n) is 5.11. The largest absolute Gasteiger partial charge is 0.323 e. The summed E-state index contributed by atoms with van der Waals surface area (Å²) in [4.78, 5) is 26.9. The molecule has 0 spiro atoms. The fourth-order valence-corrected chi connectivity index (χ4v) is 3.65. The SMILES string of the molecule is O=C1CN(C(=O)c2cc3ccccc3s2)c2ccccc2N1. The summed E-state index contributed by atoms with van der Waals surface area (Å²) in [5, 5.41) is 3.84. The van der Waals surface area contributed by atoms with Crippen LogP contribution in [0.25, 0.3) is 10.1 Å². The van der Waals surface area contributed by atoms with Crippen molar-refractivity contribution in [1.82, 2.24) is 0 Å². The Labute approximate surface area is 131 Å². The number of rotatable bonds is 1. The van der Waals surface area contributed by atoms with E-state index < -0.39 is 0 Å². The summed E-state index contributed by atoms with van der Waals surface area (Å²) in [6.45, 7) is 0.0457. The van der Waals surface area contributed by atoms with Crippen LogP contribution in [0.4, 0.5) is 11.4 Å². The normalized spacial score (nSPS) is 13.8. The van der Waals surface area contributed by atoms with Crippen molar-refractivity contribution in [2.75, 3.05) is 16.8 Å². The molecule has 2 heterocycles. The van der Waals surface area contributed by atoms with Crippen molar-refractivity contribution in [2.45, 2.75) is 0 Å². The van der Waals surface area contributed by atoms with Crippen LogP contribution in [0, 0.1) is 0 Å². The van der Waals surface area contributed by atoms with Gasteiger partial charge in [0.05, 0.1) is 16.3 Å². The Morgan fingerprint density at radius 1 is 1.09 bits per heavy atom. The molecular weight excluding hydrogens is 296 g/mol. The minimum Gasteiger partial charge on any atom is -0.323 e. The standard InChI is InChI=1S/C17H12N2O2S/c20-16-10-19(13-7-3-2-6-12(13)18-16)17(21)15-9-11-5-1-4-8-14(11)22-15/h1-9H,10H2,(H,18,20). The smallest absolute Gasteiger partial charge is 0.268 e. The van der Waals surface area contributed by atoms with Gasteiger partial charge in [0.25, 0.3) is 5.91 Å². The summed E-state index contributed by atoms with van der Waals surface area (Å²) in [6, 6.07) is 17.1. The highest BCUT2D eigenvalue weighted by atomic mass is 32.1. The predicted octanol–water partition coefficient (Wildman–Crippen LogP) is 3.50. The number of anilines is 2. The maximum Gasteiger partial charge on any atom is 0.268 e. The summed E-state index contributed by atoms with van der Waals surface area (Å²) in [7, 11) is 0. The Bertz CT molecular complexity index is 867. The molecule has 0 radical (unpaired) electrons. The average molecular weight is 308 g/mol. The van der Waals surface area contributed by atoms with Crippen LogP contribution in [0.15, 0.2) is 54.6 Å². The number of hydrogen-bond donors (Lipinski definition) is 1. The highest BCUT2D eigenvalue weighted by molar-refractivity contribution is 7.20. The van der Waals surface area contributed by atoms with E-state index in [4.69, 9.17) is 0 Å². The number of nitrogens with zero attached hydrogens (tertiary/aromatic N) is 1. The molecule has 108 valence electrons. The van der Waals surface area contributed by atoms with Crippen LogP contribution in [-0.2, 0) is 4.79 Å². The fraction of sp³-hybridized carbons (Fsp3) is 0.0588. The second-order valence-corrected chi connectivity index (χ2v) is 6.19. The van der Waals surface area contributed by atoms with Crippen LogP contribution in [-0.4, -0.2) is 18.4 Å². The van der Waals surface area contributed by atoms with E-state index in [1.54, 1.807) is 11.0 Å². The van der Waals surface area contributed by atoms with Crippen molar-refractivity contribution in [3.63, 3.8) is 0 Å². The molecule has 1 aliphatic rings. The van der Waals surface area contributed by atoms with Gasteiger partial charge in [-0.05, 0) is 29.7 Å². The van der Waals surface area contributed by atoms with Crippen molar-refractivity contribution in [3.8, 4) is 0 Å². The molecule has 1 aliphatic heterocycles. The quantitative estimate of drug-likeness (QED) is 0.748. The van der Waals surface area contributed by atoms with Gasteiger partial charge in [-0.15, -0.1) is 11.3 Å². The van der Waals surface area contributed by atoms with Gasteiger partial charge in [-0.1, -0.05) is 30.3 Å². The molecule has 0 unspecified atom stereocenters. The van der Waals surface area contributed by atoms with Crippen molar-refractivity contribution in [2.24, 2.45) is 0 Å². The lowest BCUT2D eigenvalue weighted by molar-refractivity contribution is -0.115. The van der Waals surface area contributed by atoms with Crippen LogP contribution in [0.5, 0.6) is 0 Å². The van der Waals surface area contributed by atoms with Gasteiger partial charge in [0.2, 0.25) is 5.91 Å². The predicted molar refractivity (Wildman–Crippen MR) is 88.6 cm³/mol. The van der Waals surface area contributed by atoms with Crippen LogP contribution in [0.3, 0.4) is 0 Å². The minimum atomic E-state index is -0.173. The Kier molecular flexibility index (Phi) is 2.94. The maximum absolute atomic E-state index is 12.8. The van der Waals surface area contributed by atoms with Crippen LogP contribution in [0.2, 0.25) is 0 Å². The summed E-state index contributed by atoms with van der Waals surface area (Å²) < 4.78 is 1.07. The molecule has 22 heavy (non-hydrogen) atoms. The molecular formula is C17H12N2O2S. The number of thiophene rings is 1. The van der Waals surface area contributed by atoms with Crippen molar-refractivity contribution < 1.29 is 9.59 Å². The van der Waals surface area contributed by atoms with Crippen molar-refractivity contribution >= 4 is 44.6 Å². The van der Waals surface area contributed by atoms with E-state index in [0.717, 1.165) is 15.8 Å². The Balaban J connectivity index is 1.78. The monoisotopic (exact) mass is 308 g/mol. The average Bonchev–Trinajstić information content (AvgIpc) is 2.97. The molecule has 5 heteroatoms. The minimum absolute atomic E-state index is 0.0457. The molecule has 0 aliphatic carbocycles. The molecule has 4 rings (SSSR count). The maximum atomic E-state index is 12.8. The Morgan fingerprint density at radius 2 is 1.86 bits per heavy atom. The lowest BCUT2D eigenvalue weighted by atomic mass is 10.2. The van der Waals surface area contributed by atoms with Gasteiger partial charge in [-0.3, -0.25) is 14.5 Å². The lowest BCUT2D eigenvalue weighted by Gasteiger charge is -2.28. The Morgan fingerprint density at radius 3 is 2.73 bits per heavy atom. The van der Waals surface area contributed by atoms with Crippen LogP contribution in [0.1, 0.15) is 9.67 Å². The van der Waals surface area contributed by atoms with Crippen LogP contribution >= 0.6 is 11.3 Å². The summed E-state index contributed by atoms with van der Waals surface area (Å²) >= 11 is 1.45. The fourth-order valence-electron chi connectivity index (χ4n) is 2.63. The number of carbonyl (C=O) groups is 2. The first-order valence-corrected chi connectivity index (χ1v) is 7.73. The number of benzene rings is 2. The molecule has 1 aromatic heterocycles. The molecule has 0 saturated carbocycles. The number of carbonyl (C=O) groups excluding carboxylic acids is 2. The highest BCUT2D eigenvalue weighted by Gasteiger charge is 2.28. The zero-order chi connectivity index (χ0) is 15.1. The third-order valence-corrected chi connectivity index (χ3v) is 4.76. The lowest BCUT2D eigenvalue weighted by Crippen LogP contribution is -2.41. The van der Waals surface area contributed by atoms with E-state index >= 15 is 0 Å². The molecule has 0 bridgehead atoms. The molecule has 4 nitrogen and oxygen atoms in total. The van der Waals surface area contributed by atoms with Crippen LogP contribution < -0.4 is 10.2 Å². The topological polar surface area (TPSA) is 49.4 Å². The van der Waals surface area contributed by atoms with E-state index in [2.05, 4.69) is 5.32 Å². The number of nitrogens with one attached hydrogen (secondary N) is 1. The van der Waals surface area contributed by atoms with Gasteiger partial charge >= 0.3 is 0 Å². The molecule has 3 aromatic rings. The first-order chi connectivity index (χ1) is 10.7. The van der Waals surface area contributed by atoms with E-state index in [0.29, 0.717) is 10.6 Å². The second kappa shape index (κ2) is 4.96. The van der Waals surface area contributed by atoms with E-state index in [-0.39, 0.29) is 18.4 Å². The van der Waals surface area contributed by atoms with Gasteiger partial charge in [-0.25, -0.2) is 0 Å². The van der Waals surface area contributed by atoms with Gasteiger partial charge in [0.1, 0.15) is 6.54 Å². The number of para-hydroxylation sites is 2. The molecule has 1 N–H and O–H groups in total. The summed E-state index contributed by atoms with van der Waals surface area (Å²) in [5.41, 5.74) is 1.41.